The summed E-state index contributed by atoms with van der Waals surface area (Å²) in [5.74, 6) is -0.493. The van der Waals surface area contributed by atoms with Crippen LogP contribution in [0.1, 0.15) is 11.1 Å². The first-order valence-corrected chi connectivity index (χ1v) is 8.63. The molecule has 1 aromatic heterocycles. The van der Waals surface area contributed by atoms with Crippen molar-refractivity contribution in [3.05, 3.63) is 41.0 Å². The molecule has 0 bridgehead atoms. The Morgan fingerprint density at radius 2 is 2.04 bits per heavy atom. The predicted octanol–water partition coefficient (Wildman–Crippen LogP) is 2.23. The van der Waals surface area contributed by atoms with E-state index in [4.69, 9.17) is 4.74 Å². The Labute approximate surface area is 149 Å². The first-order valence-electron chi connectivity index (χ1n) is 7.82. The number of nitrogens with zero attached hydrogens (tertiary/aromatic N) is 4. The molecular formula is C17H17N5O2S. The maximum atomic E-state index is 12.3. The van der Waals surface area contributed by atoms with Crippen molar-refractivity contribution in [3.63, 3.8) is 0 Å². The molecule has 25 heavy (non-hydrogen) atoms. The van der Waals surface area contributed by atoms with Crippen molar-refractivity contribution in [2.75, 3.05) is 36.5 Å². The number of amides is 1. The van der Waals surface area contributed by atoms with Gasteiger partial charge in [0.15, 0.2) is 0 Å². The monoisotopic (exact) mass is 355 g/mol. The molecule has 0 unspecified atom stereocenters. The predicted molar refractivity (Wildman–Crippen MR) is 96.3 cm³/mol. The molecular weight excluding hydrogens is 338 g/mol. The molecule has 1 fully saturated rings. The van der Waals surface area contributed by atoms with Crippen molar-refractivity contribution in [2.24, 2.45) is 0 Å². The minimum absolute atomic E-state index is 0.0203. The van der Waals surface area contributed by atoms with Crippen molar-refractivity contribution in [2.45, 2.75) is 6.92 Å². The molecule has 1 aliphatic rings. The van der Waals surface area contributed by atoms with Gasteiger partial charge in [0, 0.05) is 13.1 Å². The molecule has 3 rings (SSSR count). The van der Waals surface area contributed by atoms with Crippen LogP contribution in [0.25, 0.3) is 6.08 Å². The Morgan fingerprint density at radius 3 is 2.72 bits per heavy atom. The molecule has 7 nitrogen and oxygen atoms in total. The number of ether oxygens (including phenoxy) is 1. The lowest BCUT2D eigenvalue weighted by Gasteiger charge is -2.25. The molecule has 1 N–H and O–H groups in total. The molecule has 1 aliphatic heterocycles. The van der Waals surface area contributed by atoms with Crippen LogP contribution >= 0.6 is 11.3 Å². The normalized spacial score (nSPS) is 14.9. The van der Waals surface area contributed by atoms with E-state index in [1.54, 1.807) is 6.08 Å². The number of carbonyl (C=O) groups is 1. The zero-order chi connectivity index (χ0) is 17.6. The van der Waals surface area contributed by atoms with Gasteiger partial charge >= 0.3 is 0 Å². The van der Waals surface area contributed by atoms with Gasteiger partial charge in [0.05, 0.1) is 13.2 Å². The minimum Gasteiger partial charge on any atom is -0.378 e. The number of morpholine rings is 1. The van der Waals surface area contributed by atoms with Crippen LogP contribution in [0.15, 0.2) is 29.8 Å². The molecule has 0 saturated carbocycles. The molecule has 0 radical (unpaired) electrons. The van der Waals surface area contributed by atoms with Gasteiger partial charge in [0.2, 0.25) is 10.3 Å². The summed E-state index contributed by atoms with van der Waals surface area (Å²) in [4.78, 5) is 14.4. The van der Waals surface area contributed by atoms with Crippen LogP contribution in [0.5, 0.6) is 0 Å². The van der Waals surface area contributed by atoms with E-state index in [1.807, 2.05) is 37.3 Å². The van der Waals surface area contributed by atoms with E-state index in [0.29, 0.717) is 18.3 Å². The first-order chi connectivity index (χ1) is 12.2. The van der Waals surface area contributed by atoms with Gasteiger partial charge in [-0.2, -0.15) is 5.26 Å². The summed E-state index contributed by atoms with van der Waals surface area (Å²) < 4.78 is 5.30. The van der Waals surface area contributed by atoms with E-state index in [9.17, 15) is 10.1 Å². The topological polar surface area (TPSA) is 91.1 Å². The van der Waals surface area contributed by atoms with Gasteiger partial charge in [-0.1, -0.05) is 41.2 Å². The summed E-state index contributed by atoms with van der Waals surface area (Å²) in [7, 11) is 0. The molecule has 8 heteroatoms. The van der Waals surface area contributed by atoms with E-state index in [0.717, 1.165) is 29.3 Å². The number of nitrogens with one attached hydrogen (secondary N) is 1. The van der Waals surface area contributed by atoms with Crippen LogP contribution in [-0.4, -0.2) is 42.4 Å². The van der Waals surface area contributed by atoms with Crippen LogP contribution in [0.2, 0.25) is 0 Å². The number of aryl methyl sites for hydroxylation is 1. The van der Waals surface area contributed by atoms with Gasteiger partial charge in [-0.3, -0.25) is 10.1 Å². The Bertz CT molecular complexity index is 816. The third-order valence-electron chi connectivity index (χ3n) is 3.67. The van der Waals surface area contributed by atoms with E-state index in [2.05, 4.69) is 20.4 Å². The Balaban J connectivity index is 1.69. The number of anilines is 2. The van der Waals surface area contributed by atoms with E-state index >= 15 is 0 Å². The quantitative estimate of drug-likeness (QED) is 0.668. The summed E-state index contributed by atoms with van der Waals surface area (Å²) >= 11 is 1.28. The maximum Gasteiger partial charge on any atom is 0.268 e. The van der Waals surface area contributed by atoms with Gasteiger partial charge in [0.25, 0.3) is 5.91 Å². The standard InChI is InChI=1S/C17H17N5O2S/c1-12-2-4-13(5-3-12)10-14(11-18)15(23)19-16-20-21-17(25-16)22-6-8-24-9-7-22/h2-5,10H,6-9H2,1H3,(H,19,20,23)/b14-10-. The number of rotatable bonds is 4. The molecule has 2 heterocycles. The van der Waals surface area contributed by atoms with E-state index in [-0.39, 0.29) is 5.57 Å². The van der Waals surface area contributed by atoms with Crippen molar-refractivity contribution in [3.8, 4) is 6.07 Å². The molecule has 0 spiro atoms. The smallest absolute Gasteiger partial charge is 0.268 e. The SMILES string of the molecule is Cc1ccc(/C=C(/C#N)C(=O)Nc2nnc(N3CCOCC3)s2)cc1. The number of hydrogen-bond donors (Lipinski definition) is 1. The Kier molecular flexibility index (Phi) is 5.38. The largest absolute Gasteiger partial charge is 0.378 e. The van der Waals surface area contributed by atoms with Crippen molar-refractivity contribution in [1.29, 1.82) is 5.26 Å². The van der Waals surface area contributed by atoms with Crippen LogP contribution in [-0.2, 0) is 9.53 Å². The van der Waals surface area contributed by atoms with Gasteiger partial charge in [-0.15, -0.1) is 10.2 Å². The second-order valence-corrected chi connectivity index (χ2v) is 6.48. The lowest BCUT2D eigenvalue weighted by molar-refractivity contribution is -0.112. The number of benzene rings is 1. The average molecular weight is 355 g/mol. The average Bonchev–Trinajstić information content (AvgIpc) is 3.10. The fourth-order valence-corrected chi connectivity index (χ4v) is 3.08. The Morgan fingerprint density at radius 1 is 1.32 bits per heavy atom. The molecule has 0 aliphatic carbocycles. The molecule has 0 atom stereocenters. The highest BCUT2D eigenvalue weighted by atomic mass is 32.1. The number of carbonyl (C=O) groups excluding carboxylic acids is 1. The summed E-state index contributed by atoms with van der Waals surface area (Å²) in [5.41, 5.74) is 1.93. The number of nitriles is 1. The molecule has 1 aromatic carbocycles. The third-order valence-corrected chi connectivity index (χ3v) is 4.57. The van der Waals surface area contributed by atoms with Crippen LogP contribution in [0, 0.1) is 18.3 Å². The van der Waals surface area contributed by atoms with E-state index in [1.165, 1.54) is 11.3 Å². The van der Waals surface area contributed by atoms with E-state index < -0.39 is 5.91 Å². The molecule has 1 saturated heterocycles. The number of aromatic nitrogens is 2. The highest BCUT2D eigenvalue weighted by molar-refractivity contribution is 7.19. The molecule has 1 amide bonds. The molecule has 2 aromatic rings. The summed E-state index contributed by atoms with van der Waals surface area (Å²) in [6, 6.07) is 9.52. The minimum atomic E-state index is -0.493. The summed E-state index contributed by atoms with van der Waals surface area (Å²) in [6.07, 6.45) is 1.55. The first kappa shape index (κ1) is 17.1. The fraction of sp³-hybridized carbons (Fsp3) is 0.294. The second-order valence-electron chi connectivity index (χ2n) is 5.52. The fourth-order valence-electron chi connectivity index (χ4n) is 2.29. The highest BCUT2D eigenvalue weighted by Crippen LogP contribution is 2.25. The third kappa shape index (κ3) is 4.41. The van der Waals surface area contributed by atoms with Gasteiger partial charge in [-0.05, 0) is 18.6 Å². The number of hydrogen-bond acceptors (Lipinski definition) is 7. The van der Waals surface area contributed by atoms with Crippen molar-refractivity contribution < 1.29 is 9.53 Å². The van der Waals surface area contributed by atoms with Crippen LogP contribution < -0.4 is 10.2 Å². The molecule has 128 valence electrons. The van der Waals surface area contributed by atoms with Crippen LogP contribution in [0.4, 0.5) is 10.3 Å². The van der Waals surface area contributed by atoms with Gasteiger partial charge in [0.1, 0.15) is 11.6 Å². The maximum absolute atomic E-state index is 12.3. The van der Waals surface area contributed by atoms with Crippen LogP contribution in [0.3, 0.4) is 0 Å². The summed E-state index contributed by atoms with van der Waals surface area (Å²) in [5, 5.41) is 21.1. The lowest BCUT2D eigenvalue weighted by atomic mass is 10.1. The zero-order valence-electron chi connectivity index (χ0n) is 13.7. The second kappa shape index (κ2) is 7.88. The summed E-state index contributed by atoms with van der Waals surface area (Å²) in [6.45, 7) is 4.78. The van der Waals surface area contributed by atoms with Gasteiger partial charge in [-0.25, -0.2) is 0 Å². The van der Waals surface area contributed by atoms with Crippen molar-refractivity contribution >= 4 is 33.6 Å². The van der Waals surface area contributed by atoms with Crippen molar-refractivity contribution in [1.82, 2.24) is 10.2 Å². The highest BCUT2D eigenvalue weighted by Gasteiger charge is 2.17. The van der Waals surface area contributed by atoms with Gasteiger partial charge < -0.3 is 9.64 Å². The Hall–Kier alpha value is -2.76. The zero-order valence-corrected chi connectivity index (χ0v) is 14.5. The lowest BCUT2D eigenvalue weighted by Crippen LogP contribution is -2.36.